The first kappa shape index (κ1) is 113. The summed E-state index contributed by atoms with van der Waals surface area (Å²) >= 11 is 0. The van der Waals surface area contributed by atoms with Gasteiger partial charge in [-0.25, -0.2) is 0 Å². The summed E-state index contributed by atoms with van der Waals surface area (Å²) in [6.45, 7) is 9.43. The SMILES string of the molecule is CCCCCCCCCCCCCCCCCC(=O)O[C@H](CCCCCCCCCCCCCCCCC)CC(=O)N[C@H]1[C@H](OC[C@H]2O[C@H](O)[C@H](NC(=O)C[C@H](O)CCCCCCCCCCCCCCCCC)[C@@H](OC(=O)CCCCCCCCCCCCC)[C@@H]2O)O[C@H](CO)[C@@H](OP(=O)([O-])O)[C@@H]1OC(=O)CCCCCCCCCCCCC. The Morgan fingerprint density at radius 1 is 0.367 bits per heavy atom. The van der Waals surface area contributed by atoms with Gasteiger partial charge in [0.1, 0.15) is 42.6 Å². The van der Waals surface area contributed by atoms with E-state index in [9.17, 15) is 58.8 Å². The highest BCUT2D eigenvalue weighted by Gasteiger charge is 2.53. The molecule has 2 aliphatic heterocycles. The summed E-state index contributed by atoms with van der Waals surface area (Å²) in [5.41, 5.74) is 0. The Morgan fingerprint density at radius 2 is 0.658 bits per heavy atom. The first-order chi connectivity index (χ1) is 58.4. The Hall–Kier alpha value is -2.82. The lowest BCUT2D eigenvalue weighted by molar-refractivity contribution is -0.304. The third kappa shape index (κ3) is 63.2. The van der Waals surface area contributed by atoms with Crippen LogP contribution in [0.2, 0.25) is 0 Å². The number of carbonyl (C=O) groups is 5. The van der Waals surface area contributed by atoms with Crippen LogP contribution in [0.25, 0.3) is 0 Å². The first-order valence-electron chi connectivity index (χ1n) is 50.9. The molecule has 1 unspecified atom stereocenters. The van der Waals surface area contributed by atoms with Crippen LogP contribution in [0, 0.1) is 0 Å². The molecule has 0 bridgehead atoms. The van der Waals surface area contributed by atoms with Gasteiger partial charge in [0, 0.05) is 19.3 Å². The second-order valence-corrected chi connectivity index (χ2v) is 37.3. The molecular formula is C98H186N2O19P-. The van der Waals surface area contributed by atoms with Gasteiger partial charge in [-0.3, -0.25) is 28.5 Å². The van der Waals surface area contributed by atoms with E-state index in [1.165, 1.54) is 263 Å². The largest absolute Gasteiger partial charge is 0.756 e. The maximum atomic E-state index is 15.0. The summed E-state index contributed by atoms with van der Waals surface area (Å²) in [6.07, 6.45) is 59.4. The molecule has 2 amide bonds. The molecule has 2 aliphatic rings. The van der Waals surface area contributed by atoms with Crippen molar-refractivity contribution < 1.29 is 91.7 Å². The summed E-state index contributed by atoms with van der Waals surface area (Å²) in [5, 5.41) is 51.9. The summed E-state index contributed by atoms with van der Waals surface area (Å²) in [7, 11) is -5.74. The fourth-order valence-electron chi connectivity index (χ4n) is 17.2. The van der Waals surface area contributed by atoms with E-state index in [-0.39, 0.29) is 32.1 Å². The van der Waals surface area contributed by atoms with Gasteiger partial charge in [0.25, 0.3) is 7.82 Å². The molecule has 0 aromatic rings. The van der Waals surface area contributed by atoms with Crippen molar-refractivity contribution >= 4 is 37.5 Å². The Bertz CT molecular complexity index is 2430. The van der Waals surface area contributed by atoms with E-state index in [1.807, 2.05) is 0 Å². The van der Waals surface area contributed by atoms with Crippen LogP contribution in [-0.4, -0.2) is 142 Å². The number of hydrogen-bond acceptors (Lipinski definition) is 18. The van der Waals surface area contributed by atoms with Crippen LogP contribution in [0.15, 0.2) is 0 Å². The number of phosphoric ester groups is 1. The molecule has 120 heavy (non-hydrogen) atoms. The number of ether oxygens (including phenoxy) is 6. The van der Waals surface area contributed by atoms with Crippen molar-refractivity contribution in [2.24, 2.45) is 0 Å². The van der Waals surface area contributed by atoms with E-state index in [1.54, 1.807) is 0 Å². The number of amides is 2. The van der Waals surface area contributed by atoms with Crippen molar-refractivity contribution in [3.8, 4) is 0 Å². The van der Waals surface area contributed by atoms with Gasteiger partial charge in [0.2, 0.25) is 11.8 Å². The number of phosphoric acid groups is 1. The van der Waals surface area contributed by atoms with Crippen LogP contribution >= 0.6 is 7.82 Å². The Kier molecular flexibility index (Phi) is 75.1. The summed E-state index contributed by atoms with van der Waals surface area (Å²) in [6, 6.07) is -3.22. The highest BCUT2D eigenvalue weighted by Crippen LogP contribution is 2.40. The molecule has 0 aromatic carbocycles. The highest BCUT2D eigenvalue weighted by molar-refractivity contribution is 7.44. The van der Waals surface area contributed by atoms with Crippen molar-refractivity contribution in [3.63, 3.8) is 0 Å². The normalized spacial score (nSPS) is 20.4. The van der Waals surface area contributed by atoms with Gasteiger partial charge < -0.3 is 73.8 Å². The Labute approximate surface area is 732 Å². The molecule has 13 atom stereocenters. The van der Waals surface area contributed by atoms with Gasteiger partial charge in [-0.1, -0.05) is 439 Å². The molecule has 0 spiro atoms. The lowest BCUT2D eigenvalue weighted by Gasteiger charge is -2.47. The molecule has 0 saturated carbocycles. The summed E-state index contributed by atoms with van der Waals surface area (Å²) in [5.74, 6) is -3.36. The minimum Gasteiger partial charge on any atom is -0.756 e. The Balaban J connectivity index is 2.47. The molecule has 2 fully saturated rings. The fourth-order valence-corrected chi connectivity index (χ4v) is 17.8. The van der Waals surface area contributed by atoms with E-state index in [0.717, 1.165) is 128 Å². The number of nitrogens with one attached hydrogen (secondary N) is 2. The highest BCUT2D eigenvalue weighted by atomic mass is 31.2. The monoisotopic (exact) mass is 1730 g/mol. The molecule has 2 rings (SSSR count). The lowest BCUT2D eigenvalue weighted by atomic mass is 9.95. The van der Waals surface area contributed by atoms with Crippen LogP contribution in [0.5, 0.6) is 0 Å². The maximum Gasteiger partial charge on any atom is 0.306 e. The van der Waals surface area contributed by atoms with Gasteiger partial charge in [-0.2, -0.15) is 0 Å². The second-order valence-electron chi connectivity index (χ2n) is 36.2. The zero-order valence-corrected chi connectivity index (χ0v) is 78.5. The van der Waals surface area contributed by atoms with Crippen molar-refractivity contribution in [1.82, 2.24) is 10.6 Å². The number of esters is 3. The van der Waals surface area contributed by atoms with Crippen molar-refractivity contribution in [3.05, 3.63) is 0 Å². The molecule has 21 nitrogen and oxygen atoms in total. The van der Waals surface area contributed by atoms with E-state index < -0.39 is 124 Å². The molecular weight excluding hydrogens is 1540 g/mol. The molecule has 2 saturated heterocycles. The van der Waals surface area contributed by atoms with Gasteiger partial charge in [0.15, 0.2) is 24.8 Å². The zero-order chi connectivity index (χ0) is 87.4. The van der Waals surface area contributed by atoms with Gasteiger partial charge >= 0.3 is 17.9 Å². The molecule has 0 aromatic heterocycles. The Morgan fingerprint density at radius 3 is 0.992 bits per heavy atom. The van der Waals surface area contributed by atoms with Gasteiger partial charge in [-0.15, -0.1) is 0 Å². The van der Waals surface area contributed by atoms with E-state index in [4.69, 9.17) is 32.9 Å². The maximum absolute atomic E-state index is 15.0. The minimum absolute atomic E-state index is 0.0252. The van der Waals surface area contributed by atoms with Crippen LogP contribution < -0.4 is 15.5 Å². The van der Waals surface area contributed by atoms with Crippen molar-refractivity contribution in [2.45, 2.75) is 583 Å². The number of aliphatic hydroxyl groups excluding tert-OH is 4. The lowest BCUT2D eigenvalue weighted by Crippen LogP contribution is -2.68. The number of rotatable bonds is 87. The number of unbranched alkanes of at least 4 members (excludes halogenated alkanes) is 62. The molecule has 2 heterocycles. The van der Waals surface area contributed by atoms with Crippen molar-refractivity contribution in [2.75, 3.05) is 13.2 Å². The third-order valence-electron chi connectivity index (χ3n) is 24.7. The van der Waals surface area contributed by atoms with Crippen LogP contribution in [0.1, 0.15) is 510 Å². The quantitative estimate of drug-likeness (QED) is 0.0129. The van der Waals surface area contributed by atoms with Gasteiger partial charge in [0.05, 0.1) is 32.2 Å². The number of hydrogen-bond donors (Lipinski definition) is 7. The standard InChI is InChI=1S/C98H187N2O19P/c1-6-11-16-21-26-31-36-39-42-45-50-53-58-63-68-73-82(102)78-86(103)99-91-95(117-89(106)76-71-66-61-55-48-34-29-24-19-14-9-4)93(108)85(115-97(91)109)81-113-98-92(96(94(84(80-101)116-98)119-120(110,111)112)118-90(107)77-72-67-62-56-49-35-30-25-20-15-10-5)100-87(104)79-83(74-69-64-59-54-51-46-43-40-37-32-27-22-17-12-7-2)114-88(105)75-70-65-60-57-52-47-44-41-38-33-28-23-18-13-8-3/h82-85,91-98,101-102,108-109H,6-81H2,1-5H3,(H,99,103)(H,100,104)(H2,110,111,112)/p-1/t82-,83-,84-,85-,91-,92-,93-,94-,95-,96-,97+,98-/m1/s1. The average Bonchev–Trinajstić information content (AvgIpc) is 0.778. The second kappa shape index (κ2) is 79.6. The fraction of sp³-hybridized carbons (Fsp3) is 0.949. The number of aliphatic hydroxyl groups is 4. The van der Waals surface area contributed by atoms with Crippen LogP contribution in [-0.2, 0) is 61.5 Å². The predicted molar refractivity (Wildman–Crippen MR) is 483 cm³/mol. The first-order valence-corrected chi connectivity index (χ1v) is 52.4. The summed E-state index contributed by atoms with van der Waals surface area (Å²) in [4.78, 5) is 94.0. The van der Waals surface area contributed by atoms with E-state index in [0.29, 0.717) is 51.4 Å². The molecule has 708 valence electrons. The average molecular weight is 1730 g/mol. The molecule has 22 heteroatoms. The van der Waals surface area contributed by atoms with Crippen LogP contribution in [0.4, 0.5) is 0 Å². The van der Waals surface area contributed by atoms with Gasteiger partial charge in [-0.05, 0) is 38.5 Å². The van der Waals surface area contributed by atoms with E-state index >= 15 is 0 Å². The zero-order valence-electron chi connectivity index (χ0n) is 77.6. The molecule has 0 aliphatic carbocycles. The third-order valence-corrected chi connectivity index (χ3v) is 25.3. The molecule has 0 radical (unpaired) electrons. The summed E-state index contributed by atoms with van der Waals surface area (Å²) < 4.78 is 55.2. The van der Waals surface area contributed by atoms with Crippen LogP contribution in [0.3, 0.4) is 0 Å². The van der Waals surface area contributed by atoms with E-state index in [2.05, 4.69) is 45.3 Å². The van der Waals surface area contributed by atoms with Crippen molar-refractivity contribution in [1.29, 1.82) is 0 Å². The number of carbonyl (C=O) groups excluding carboxylic acids is 5. The minimum atomic E-state index is -5.74. The topological polar surface area (TPSA) is 315 Å². The smallest absolute Gasteiger partial charge is 0.306 e. The molecule has 7 N–H and O–H groups in total. The predicted octanol–water partition coefficient (Wildman–Crippen LogP) is 23.7.